The van der Waals surface area contributed by atoms with Crippen LogP contribution in [0.4, 0.5) is 0 Å². The number of aromatic nitrogens is 1. The Kier molecular flexibility index (Phi) is 2.87. The zero-order valence-corrected chi connectivity index (χ0v) is 10.6. The van der Waals surface area contributed by atoms with Gasteiger partial charge < -0.3 is 18.7 Å². The average molecular weight is 258 g/mol. The predicted octanol–water partition coefficient (Wildman–Crippen LogP) is 2.34. The van der Waals surface area contributed by atoms with E-state index in [1.54, 1.807) is 18.6 Å². The Morgan fingerprint density at radius 2 is 2.21 bits per heavy atom. The number of carbonyl (C=O) groups excluding carboxylic acids is 1. The lowest BCUT2D eigenvalue weighted by Gasteiger charge is -2.05. The Labute approximate surface area is 109 Å². The summed E-state index contributed by atoms with van der Waals surface area (Å²) in [5, 5.41) is 2.87. The molecule has 0 bridgehead atoms. The van der Waals surface area contributed by atoms with E-state index in [0.717, 1.165) is 16.9 Å². The molecular formula is C14H14N2O3. The molecule has 1 N–H and O–H groups in total. The predicted molar refractivity (Wildman–Crippen MR) is 69.9 cm³/mol. The first-order valence-corrected chi connectivity index (χ1v) is 6.09. The molecule has 0 spiro atoms. The number of nitrogens with one attached hydrogen (secondary N) is 1. The third-order valence-corrected chi connectivity index (χ3v) is 3.13. The van der Waals surface area contributed by atoms with Crippen LogP contribution in [-0.2, 0) is 13.5 Å². The zero-order chi connectivity index (χ0) is 13.2. The van der Waals surface area contributed by atoms with Crippen LogP contribution in [0.25, 0.3) is 11.1 Å². The van der Waals surface area contributed by atoms with E-state index >= 15 is 0 Å². The third kappa shape index (κ3) is 2.14. The van der Waals surface area contributed by atoms with E-state index in [1.165, 1.54) is 0 Å². The van der Waals surface area contributed by atoms with Gasteiger partial charge in [0.2, 0.25) is 0 Å². The van der Waals surface area contributed by atoms with Crippen LogP contribution in [0.2, 0.25) is 0 Å². The molecule has 0 aliphatic heterocycles. The highest BCUT2D eigenvalue weighted by molar-refractivity contribution is 5.97. The molecule has 1 amide bonds. The summed E-state index contributed by atoms with van der Waals surface area (Å²) in [7, 11) is 1.85. The Balaban J connectivity index is 1.66. The molecule has 98 valence electrons. The number of nitrogens with zero attached hydrogens (tertiary/aromatic N) is 1. The molecule has 19 heavy (non-hydrogen) atoms. The number of aryl methyl sites for hydroxylation is 1. The molecule has 5 nitrogen and oxygen atoms in total. The highest BCUT2D eigenvalue weighted by Crippen LogP contribution is 2.19. The number of hydrogen-bond acceptors (Lipinski definition) is 3. The van der Waals surface area contributed by atoms with Gasteiger partial charge in [0.1, 0.15) is 11.5 Å². The molecule has 0 saturated carbocycles. The molecule has 0 fully saturated rings. The third-order valence-electron chi connectivity index (χ3n) is 3.13. The van der Waals surface area contributed by atoms with Gasteiger partial charge in [-0.05, 0) is 12.1 Å². The molecule has 0 aliphatic rings. The molecule has 3 rings (SSSR count). The molecule has 0 atom stereocenters. The van der Waals surface area contributed by atoms with Gasteiger partial charge in [-0.25, -0.2) is 0 Å². The van der Waals surface area contributed by atoms with Crippen molar-refractivity contribution < 1.29 is 13.6 Å². The standard InChI is InChI=1S/C14H14N2O3/c1-16-11-5-8-19-13(11)9-12(16)14(17)15-6-4-10-3-2-7-18-10/h2-3,5,7-9H,4,6H2,1H3,(H,15,17). The lowest BCUT2D eigenvalue weighted by Crippen LogP contribution is -2.27. The summed E-state index contributed by atoms with van der Waals surface area (Å²) >= 11 is 0. The maximum Gasteiger partial charge on any atom is 0.268 e. The first kappa shape index (κ1) is 11.6. The molecule has 0 unspecified atom stereocenters. The van der Waals surface area contributed by atoms with Crippen molar-refractivity contribution in [2.24, 2.45) is 7.05 Å². The summed E-state index contributed by atoms with van der Waals surface area (Å²) in [6.45, 7) is 0.541. The van der Waals surface area contributed by atoms with Crippen molar-refractivity contribution in [2.45, 2.75) is 6.42 Å². The van der Waals surface area contributed by atoms with Crippen LogP contribution in [-0.4, -0.2) is 17.0 Å². The fourth-order valence-corrected chi connectivity index (χ4v) is 2.11. The number of carbonyl (C=O) groups is 1. The van der Waals surface area contributed by atoms with Crippen molar-refractivity contribution in [1.29, 1.82) is 0 Å². The Bertz CT molecular complexity index is 691. The van der Waals surface area contributed by atoms with Crippen LogP contribution in [0, 0.1) is 0 Å². The zero-order valence-electron chi connectivity index (χ0n) is 10.6. The minimum Gasteiger partial charge on any atom is -0.469 e. The fourth-order valence-electron chi connectivity index (χ4n) is 2.11. The number of amides is 1. The summed E-state index contributed by atoms with van der Waals surface area (Å²) in [5.74, 6) is 0.751. The molecule has 5 heteroatoms. The minimum absolute atomic E-state index is 0.111. The van der Waals surface area contributed by atoms with E-state index in [1.807, 2.05) is 29.8 Å². The summed E-state index contributed by atoms with van der Waals surface area (Å²) in [5.41, 5.74) is 2.23. The second-order valence-corrected chi connectivity index (χ2v) is 4.34. The first-order valence-electron chi connectivity index (χ1n) is 6.09. The van der Waals surface area contributed by atoms with Gasteiger partial charge >= 0.3 is 0 Å². The van der Waals surface area contributed by atoms with Gasteiger partial charge in [0.05, 0.1) is 18.0 Å². The SMILES string of the molecule is Cn1c(C(=O)NCCc2ccco2)cc2occc21. The monoisotopic (exact) mass is 258 g/mol. The highest BCUT2D eigenvalue weighted by Gasteiger charge is 2.14. The maximum atomic E-state index is 12.1. The molecule has 3 aromatic rings. The first-order chi connectivity index (χ1) is 9.25. The van der Waals surface area contributed by atoms with Gasteiger partial charge in [0.15, 0.2) is 5.58 Å². The van der Waals surface area contributed by atoms with Crippen molar-refractivity contribution in [3.8, 4) is 0 Å². The molecular weight excluding hydrogens is 244 g/mol. The normalized spacial score (nSPS) is 11.0. The summed E-state index contributed by atoms with van der Waals surface area (Å²) in [6, 6.07) is 7.32. The number of furan rings is 2. The second kappa shape index (κ2) is 4.68. The molecule has 3 aromatic heterocycles. The van der Waals surface area contributed by atoms with E-state index < -0.39 is 0 Å². The molecule has 0 aromatic carbocycles. The number of hydrogen-bond donors (Lipinski definition) is 1. The van der Waals surface area contributed by atoms with Crippen LogP contribution in [0.5, 0.6) is 0 Å². The van der Waals surface area contributed by atoms with E-state index in [4.69, 9.17) is 8.83 Å². The molecule has 0 radical (unpaired) electrons. The van der Waals surface area contributed by atoms with Gasteiger partial charge in [-0.15, -0.1) is 0 Å². The van der Waals surface area contributed by atoms with Crippen molar-refractivity contribution in [3.05, 3.63) is 48.2 Å². The Morgan fingerprint density at radius 3 is 2.95 bits per heavy atom. The average Bonchev–Trinajstić information content (AvgIpc) is 3.09. The Morgan fingerprint density at radius 1 is 1.32 bits per heavy atom. The fraction of sp³-hybridized carbons (Fsp3) is 0.214. The summed E-state index contributed by atoms with van der Waals surface area (Å²) in [6.07, 6.45) is 3.92. The van der Waals surface area contributed by atoms with Crippen LogP contribution in [0.15, 0.2) is 45.6 Å². The van der Waals surface area contributed by atoms with Gasteiger partial charge in [0.25, 0.3) is 5.91 Å². The summed E-state index contributed by atoms with van der Waals surface area (Å²) < 4.78 is 12.3. The maximum absolute atomic E-state index is 12.1. The van der Waals surface area contributed by atoms with Crippen LogP contribution in [0.1, 0.15) is 16.2 Å². The lowest BCUT2D eigenvalue weighted by atomic mass is 10.3. The highest BCUT2D eigenvalue weighted by atomic mass is 16.3. The lowest BCUT2D eigenvalue weighted by molar-refractivity contribution is 0.0946. The smallest absolute Gasteiger partial charge is 0.268 e. The van der Waals surface area contributed by atoms with Crippen LogP contribution >= 0.6 is 0 Å². The largest absolute Gasteiger partial charge is 0.469 e. The molecule has 0 saturated heterocycles. The quantitative estimate of drug-likeness (QED) is 0.781. The van der Waals surface area contributed by atoms with E-state index in [0.29, 0.717) is 18.7 Å². The Hall–Kier alpha value is -2.43. The van der Waals surface area contributed by atoms with Crippen molar-refractivity contribution in [1.82, 2.24) is 9.88 Å². The van der Waals surface area contributed by atoms with Crippen molar-refractivity contribution >= 4 is 17.0 Å². The van der Waals surface area contributed by atoms with Gasteiger partial charge in [-0.1, -0.05) is 0 Å². The minimum atomic E-state index is -0.111. The van der Waals surface area contributed by atoms with E-state index in [2.05, 4.69) is 5.32 Å². The summed E-state index contributed by atoms with van der Waals surface area (Å²) in [4.78, 5) is 12.1. The van der Waals surface area contributed by atoms with Crippen LogP contribution in [0.3, 0.4) is 0 Å². The van der Waals surface area contributed by atoms with Crippen LogP contribution < -0.4 is 5.32 Å². The topological polar surface area (TPSA) is 60.3 Å². The van der Waals surface area contributed by atoms with Crippen molar-refractivity contribution in [2.75, 3.05) is 6.54 Å². The number of fused-ring (bicyclic) bond motifs is 1. The van der Waals surface area contributed by atoms with Gasteiger partial charge in [0, 0.05) is 32.1 Å². The molecule has 3 heterocycles. The van der Waals surface area contributed by atoms with E-state index in [9.17, 15) is 4.79 Å². The second-order valence-electron chi connectivity index (χ2n) is 4.34. The van der Waals surface area contributed by atoms with Gasteiger partial charge in [-0.2, -0.15) is 0 Å². The van der Waals surface area contributed by atoms with Crippen molar-refractivity contribution in [3.63, 3.8) is 0 Å². The number of rotatable bonds is 4. The van der Waals surface area contributed by atoms with E-state index in [-0.39, 0.29) is 5.91 Å². The van der Waals surface area contributed by atoms with Gasteiger partial charge in [-0.3, -0.25) is 4.79 Å². The molecule has 0 aliphatic carbocycles.